The number of carbonyl (C=O) groups is 1. The molecule has 25 heavy (non-hydrogen) atoms. The first-order chi connectivity index (χ1) is 12.1. The SMILES string of the molecule is O=C(NC1CC1)c1cc(-c2ccco2)nn1-c1cccc([N+](=O)[O-])c1. The Morgan fingerprint density at radius 3 is 2.80 bits per heavy atom. The number of benzene rings is 1. The van der Waals surface area contributed by atoms with Gasteiger partial charge >= 0.3 is 0 Å². The second-order valence-corrected chi connectivity index (χ2v) is 5.83. The topological polar surface area (TPSA) is 103 Å². The van der Waals surface area contributed by atoms with Crippen molar-refractivity contribution in [2.24, 2.45) is 0 Å². The van der Waals surface area contributed by atoms with Gasteiger partial charge in [0, 0.05) is 24.2 Å². The van der Waals surface area contributed by atoms with E-state index in [9.17, 15) is 14.9 Å². The molecule has 126 valence electrons. The molecule has 4 rings (SSSR count). The first-order valence-corrected chi connectivity index (χ1v) is 7.81. The summed E-state index contributed by atoms with van der Waals surface area (Å²) in [6.07, 6.45) is 3.44. The maximum atomic E-state index is 12.6. The highest BCUT2D eigenvalue weighted by Crippen LogP contribution is 2.25. The van der Waals surface area contributed by atoms with Gasteiger partial charge in [0.1, 0.15) is 11.4 Å². The number of furan rings is 1. The van der Waals surface area contributed by atoms with Crippen LogP contribution in [0.15, 0.2) is 53.1 Å². The van der Waals surface area contributed by atoms with E-state index in [1.165, 1.54) is 23.1 Å². The lowest BCUT2D eigenvalue weighted by Crippen LogP contribution is -2.27. The fourth-order valence-corrected chi connectivity index (χ4v) is 2.51. The highest BCUT2D eigenvalue weighted by Gasteiger charge is 2.27. The zero-order valence-corrected chi connectivity index (χ0v) is 13.1. The molecule has 8 nitrogen and oxygen atoms in total. The molecule has 1 aromatic carbocycles. The van der Waals surface area contributed by atoms with E-state index in [0.29, 0.717) is 22.8 Å². The molecule has 1 fully saturated rings. The summed E-state index contributed by atoms with van der Waals surface area (Å²) in [7, 11) is 0. The molecular weight excluding hydrogens is 324 g/mol. The number of hydrogen-bond donors (Lipinski definition) is 1. The van der Waals surface area contributed by atoms with Crippen LogP contribution in [0.2, 0.25) is 0 Å². The van der Waals surface area contributed by atoms with Crippen LogP contribution in [0.4, 0.5) is 5.69 Å². The Bertz CT molecular complexity index is 941. The minimum atomic E-state index is -0.482. The van der Waals surface area contributed by atoms with E-state index in [1.54, 1.807) is 30.3 Å². The van der Waals surface area contributed by atoms with E-state index in [4.69, 9.17) is 4.42 Å². The summed E-state index contributed by atoms with van der Waals surface area (Å²) in [5, 5.41) is 18.4. The largest absolute Gasteiger partial charge is 0.463 e. The molecule has 0 spiro atoms. The summed E-state index contributed by atoms with van der Waals surface area (Å²) >= 11 is 0. The van der Waals surface area contributed by atoms with Crippen molar-refractivity contribution in [3.05, 3.63) is 64.5 Å². The van der Waals surface area contributed by atoms with Crippen molar-refractivity contribution in [1.82, 2.24) is 15.1 Å². The summed E-state index contributed by atoms with van der Waals surface area (Å²) in [6, 6.07) is 11.3. The molecule has 1 aliphatic rings. The van der Waals surface area contributed by atoms with Crippen molar-refractivity contribution in [3.8, 4) is 17.1 Å². The molecule has 3 aromatic rings. The summed E-state index contributed by atoms with van der Waals surface area (Å²) < 4.78 is 6.75. The van der Waals surface area contributed by atoms with Gasteiger partial charge in [0.05, 0.1) is 16.9 Å². The van der Waals surface area contributed by atoms with Gasteiger partial charge in [0.2, 0.25) is 0 Å². The van der Waals surface area contributed by atoms with Crippen molar-refractivity contribution < 1.29 is 14.1 Å². The Morgan fingerprint density at radius 2 is 2.12 bits per heavy atom. The molecule has 8 heteroatoms. The first-order valence-electron chi connectivity index (χ1n) is 7.81. The van der Waals surface area contributed by atoms with E-state index in [0.717, 1.165) is 12.8 Å². The molecule has 1 saturated carbocycles. The molecule has 0 saturated heterocycles. The van der Waals surface area contributed by atoms with Crippen LogP contribution in [-0.4, -0.2) is 26.7 Å². The number of carbonyl (C=O) groups excluding carboxylic acids is 1. The van der Waals surface area contributed by atoms with E-state index in [-0.39, 0.29) is 17.6 Å². The van der Waals surface area contributed by atoms with Gasteiger partial charge in [-0.2, -0.15) is 5.10 Å². The van der Waals surface area contributed by atoms with Crippen molar-refractivity contribution in [3.63, 3.8) is 0 Å². The molecule has 0 atom stereocenters. The highest BCUT2D eigenvalue weighted by atomic mass is 16.6. The number of nitrogens with one attached hydrogen (secondary N) is 1. The van der Waals surface area contributed by atoms with Crippen LogP contribution < -0.4 is 5.32 Å². The number of non-ortho nitro benzene ring substituents is 1. The van der Waals surface area contributed by atoms with Gasteiger partial charge < -0.3 is 9.73 Å². The lowest BCUT2D eigenvalue weighted by atomic mass is 10.2. The van der Waals surface area contributed by atoms with Crippen molar-refractivity contribution in [2.45, 2.75) is 18.9 Å². The van der Waals surface area contributed by atoms with E-state index < -0.39 is 4.92 Å². The Labute approximate surface area is 142 Å². The molecule has 0 bridgehead atoms. The average Bonchev–Trinajstić information content (AvgIpc) is 3.11. The first kappa shape index (κ1) is 15.1. The highest BCUT2D eigenvalue weighted by molar-refractivity contribution is 5.94. The third-order valence-corrected chi connectivity index (χ3v) is 3.91. The Hall–Kier alpha value is -3.42. The number of nitro benzene ring substituents is 1. The Morgan fingerprint density at radius 1 is 1.28 bits per heavy atom. The van der Waals surface area contributed by atoms with Crippen LogP contribution in [0, 0.1) is 10.1 Å². The normalized spacial score (nSPS) is 13.6. The van der Waals surface area contributed by atoms with Gasteiger partial charge in [-0.25, -0.2) is 4.68 Å². The van der Waals surface area contributed by atoms with Crippen molar-refractivity contribution >= 4 is 11.6 Å². The maximum absolute atomic E-state index is 12.6. The predicted molar refractivity (Wildman–Crippen MR) is 88.4 cm³/mol. The van der Waals surface area contributed by atoms with Crippen molar-refractivity contribution in [1.29, 1.82) is 0 Å². The molecular formula is C17H14N4O4. The zero-order chi connectivity index (χ0) is 17.4. The number of nitro groups is 1. The molecule has 0 aliphatic heterocycles. The summed E-state index contributed by atoms with van der Waals surface area (Å²) in [4.78, 5) is 23.1. The molecule has 2 aromatic heterocycles. The lowest BCUT2D eigenvalue weighted by molar-refractivity contribution is -0.384. The molecule has 1 aliphatic carbocycles. The van der Waals surface area contributed by atoms with Gasteiger partial charge in [-0.3, -0.25) is 14.9 Å². The molecule has 0 radical (unpaired) electrons. The minimum Gasteiger partial charge on any atom is -0.463 e. The third-order valence-electron chi connectivity index (χ3n) is 3.91. The molecule has 0 unspecified atom stereocenters. The van der Waals surface area contributed by atoms with Crippen LogP contribution in [0.1, 0.15) is 23.3 Å². The van der Waals surface area contributed by atoms with E-state index >= 15 is 0 Å². The van der Waals surface area contributed by atoms with E-state index in [1.807, 2.05) is 0 Å². The molecule has 1 amide bonds. The average molecular weight is 338 g/mol. The van der Waals surface area contributed by atoms with Crippen molar-refractivity contribution in [2.75, 3.05) is 0 Å². The van der Waals surface area contributed by atoms with Crippen LogP contribution in [0.3, 0.4) is 0 Å². The summed E-state index contributed by atoms with van der Waals surface area (Å²) in [5.74, 6) is 0.254. The number of amides is 1. The van der Waals surface area contributed by atoms with Gasteiger partial charge in [0.15, 0.2) is 5.76 Å². The lowest BCUT2D eigenvalue weighted by Gasteiger charge is -2.07. The maximum Gasteiger partial charge on any atom is 0.271 e. The monoisotopic (exact) mass is 338 g/mol. The Kier molecular flexibility index (Phi) is 3.57. The summed E-state index contributed by atoms with van der Waals surface area (Å²) in [5.41, 5.74) is 1.16. The third kappa shape index (κ3) is 3.01. The standard InChI is InChI=1S/C17H14N4O4/c22-17(18-11-6-7-11)15-10-14(16-5-2-8-25-16)19-20(15)12-3-1-4-13(9-12)21(23)24/h1-5,8-11H,6-7H2,(H,18,22). The zero-order valence-electron chi connectivity index (χ0n) is 13.1. The number of rotatable bonds is 5. The van der Waals surface area contributed by atoms with Crippen LogP contribution in [-0.2, 0) is 0 Å². The number of nitrogens with zero attached hydrogens (tertiary/aromatic N) is 3. The molecule has 1 N–H and O–H groups in total. The quantitative estimate of drug-likeness (QED) is 0.569. The summed E-state index contributed by atoms with van der Waals surface area (Å²) in [6.45, 7) is 0. The fraction of sp³-hybridized carbons (Fsp3) is 0.176. The van der Waals surface area contributed by atoms with Crippen LogP contribution in [0.25, 0.3) is 17.1 Å². The van der Waals surface area contributed by atoms with Gasteiger partial charge in [-0.05, 0) is 31.0 Å². The molecule has 2 heterocycles. The Balaban J connectivity index is 1.80. The van der Waals surface area contributed by atoms with Gasteiger partial charge in [0.25, 0.3) is 11.6 Å². The van der Waals surface area contributed by atoms with E-state index in [2.05, 4.69) is 10.4 Å². The fourth-order valence-electron chi connectivity index (χ4n) is 2.51. The second-order valence-electron chi connectivity index (χ2n) is 5.83. The smallest absolute Gasteiger partial charge is 0.271 e. The number of hydrogen-bond acceptors (Lipinski definition) is 5. The van der Waals surface area contributed by atoms with Gasteiger partial charge in [-0.15, -0.1) is 0 Å². The minimum absolute atomic E-state index is 0.0684. The van der Waals surface area contributed by atoms with Crippen LogP contribution >= 0.6 is 0 Å². The second kappa shape index (κ2) is 5.90. The number of aromatic nitrogens is 2. The van der Waals surface area contributed by atoms with Crippen LogP contribution in [0.5, 0.6) is 0 Å². The predicted octanol–water partition coefficient (Wildman–Crippen LogP) is 2.93. The van der Waals surface area contributed by atoms with Gasteiger partial charge in [-0.1, -0.05) is 6.07 Å².